The molecule has 3 rings (SSSR count). The lowest BCUT2D eigenvalue weighted by Gasteiger charge is -2.61. The molecule has 3 aliphatic carbocycles. The number of hydrogen-bond acceptors (Lipinski definition) is 2. The molecule has 2 atom stereocenters. The van der Waals surface area contributed by atoms with Crippen molar-refractivity contribution in [1.29, 1.82) is 0 Å². The van der Waals surface area contributed by atoms with E-state index in [4.69, 9.17) is 4.74 Å². The second-order valence-corrected chi connectivity index (χ2v) is 6.59. The van der Waals surface area contributed by atoms with E-state index in [-0.39, 0.29) is 5.41 Å². The second kappa shape index (κ2) is 3.42. The normalized spacial score (nSPS) is 39.4. The van der Waals surface area contributed by atoms with Gasteiger partial charge in [0, 0.05) is 6.92 Å². The van der Waals surface area contributed by atoms with E-state index in [1.165, 1.54) is 0 Å². The SMILES string of the molecule is CC1(OC(=O)C(C)(F)F)CC2CC(C1)C2(C)C. The predicted octanol–water partition coefficient (Wildman–Crippen LogP) is 3.40. The van der Waals surface area contributed by atoms with E-state index in [0.29, 0.717) is 31.6 Å². The molecule has 0 heterocycles. The van der Waals surface area contributed by atoms with E-state index in [1.807, 2.05) is 0 Å². The second-order valence-electron chi connectivity index (χ2n) is 6.59. The minimum atomic E-state index is -3.39. The summed E-state index contributed by atoms with van der Waals surface area (Å²) in [4.78, 5) is 11.2. The van der Waals surface area contributed by atoms with Crippen molar-refractivity contribution < 1.29 is 18.3 Å². The van der Waals surface area contributed by atoms with Crippen LogP contribution in [-0.2, 0) is 9.53 Å². The summed E-state index contributed by atoms with van der Waals surface area (Å²) in [6.07, 6.45) is 2.55. The summed E-state index contributed by atoms with van der Waals surface area (Å²) in [5.74, 6) is -3.80. The topological polar surface area (TPSA) is 26.3 Å². The van der Waals surface area contributed by atoms with Crippen molar-refractivity contribution in [3.63, 3.8) is 0 Å². The third kappa shape index (κ3) is 2.06. The predicted molar refractivity (Wildman–Crippen MR) is 59.7 cm³/mol. The van der Waals surface area contributed by atoms with Gasteiger partial charge < -0.3 is 4.74 Å². The lowest BCUT2D eigenvalue weighted by Crippen LogP contribution is -2.57. The molecular weight excluding hydrogens is 226 g/mol. The van der Waals surface area contributed by atoms with E-state index in [2.05, 4.69) is 13.8 Å². The number of ether oxygens (including phenoxy) is 1. The summed E-state index contributed by atoms with van der Waals surface area (Å²) in [6, 6.07) is 0. The number of esters is 1. The number of hydrogen-bond donors (Lipinski definition) is 0. The van der Waals surface area contributed by atoms with E-state index < -0.39 is 17.5 Å². The van der Waals surface area contributed by atoms with Crippen LogP contribution in [0.5, 0.6) is 0 Å². The number of fused-ring (bicyclic) bond motifs is 2. The van der Waals surface area contributed by atoms with Crippen LogP contribution in [0.15, 0.2) is 0 Å². The third-order valence-electron chi connectivity index (χ3n) is 4.73. The van der Waals surface area contributed by atoms with Crippen LogP contribution in [0.2, 0.25) is 0 Å². The minimum Gasteiger partial charge on any atom is -0.455 e. The maximum absolute atomic E-state index is 12.8. The summed E-state index contributed by atoms with van der Waals surface area (Å²) in [6.45, 7) is 6.79. The van der Waals surface area contributed by atoms with Gasteiger partial charge >= 0.3 is 11.9 Å². The molecule has 0 spiro atoms. The third-order valence-corrected chi connectivity index (χ3v) is 4.73. The summed E-state index contributed by atoms with van der Waals surface area (Å²) >= 11 is 0. The Morgan fingerprint density at radius 3 is 2.06 bits per heavy atom. The van der Waals surface area contributed by atoms with Gasteiger partial charge in [0.2, 0.25) is 0 Å². The fraction of sp³-hybridized carbons (Fsp3) is 0.923. The van der Waals surface area contributed by atoms with Crippen LogP contribution in [-0.4, -0.2) is 17.5 Å². The fourth-order valence-corrected chi connectivity index (χ4v) is 3.34. The molecule has 2 nitrogen and oxygen atoms in total. The first-order valence-corrected chi connectivity index (χ1v) is 6.16. The van der Waals surface area contributed by atoms with Gasteiger partial charge in [0.1, 0.15) is 5.60 Å². The lowest BCUT2D eigenvalue weighted by atomic mass is 9.46. The van der Waals surface area contributed by atoms with Gasteiger partial charge in [-0.1, -0.05) is 13.8 Å². The molecule has 0 aromatic carbocycles. The van der Waals surface area contributed by atoms with Crippen molar-refractivity contribution in [1.82, 2.24) is 0 Å². The van der Waals surface area contributed by atoms with Crippen LogP contribution < -0.4 is 0 Å². The van der Waals surface area contributed by atoms with Crippen molar-refractivity contribution in [3.05, 3.63) is 0 Å². The minimum absolute atomic E-state index is 0.278. The van der Waals surface area contributed by atoms with E-state index >= 15 is 0 Å². The Morgan fingerprint density at radius 1 is 1.24 bits per heavy atom. The highest BCUT2D eigenvalue weighted by molar-refractivity contribution is 5.77. The molecule has 17 heavy (non-hydrogen) atoms. The number of carbonyl (C=O) groups is 1. The first-order valence-electron chi connectivity index (χ1n) is 6.16. The van der Waals surface area contributed by atoms with E-state index in [1.54, 1.807) is 6.92 Å². The highest BCUT2D eigenvalue weighted by Crippen LogP contribution is 2.62. The standard InChI is InChI=1S/C13H20F2O2/c1-11(2)8-5-9(11)7-12(3,6-8)17-10(16)13(4,14)15/h8-9H,5-7H2,1-4H3. The zero-order valence-corrected chi connectivity index (χ0v) is 10.8. The van der Waals surface area contributed by atoms with Crippen LogP contribution in [0, 0.1) is 17.3 Å². The zero-order chi connectivity index (χ0) is 13.1. The number of halogens is 2. The molecule has 2 bridgehead atoms. The average molecular weight is 246 g/mol. The summed E-state index contributed by atoms with van der Waals surface area (Å²) < 4.78 is 30.7. The molecule has 0 aromatic rings. The molecule has 0 saturated heterocycles. The number of carbonyl (C=O) groups excluding carboxylic acids is 1. The van der Waals surface area contributed by atoms with Gasteiger partial charge in [-0.05, 0) is 43.4 Å². The smallest absolute Gasteiger partial charge is 0.377 e. The zero-order valence-electron chi connectivity index (χ0n) is 10.8. The van der Waals surface area contributed by atoms with Crippen LogP contribution >= 0.6 is 0 Å². The van der Waals surface area contributed by atoms with Gasteiger partial charge in [0.25, 0.3) is 0 Å². The highest BCUT2D eigenvalue weighted by Gasteiger charge is 2.58. The highest BCUT2D eigenvalue weighted by atomic mass is 19.3. The van der Waals surface area contributed by atoms with Crippen molar-refractivity contribution in [2.45, 2.75) is 58.5 Å². The van der Waals surface area contributed by atoms with Gasteiger partial charge in [-0.15, -0.1) is 0 Å². The van der Waals surface area contributed by atoms with Gasteiger partial charge in [0.05, 0.1) is 0 Å². The molecule has 3 fully saturated rings. The summed E-state index contributed by atoms with van der Waals surface area (Å²) in [5.41, 5.74) is -0.416. The van der Waals surface area contributed by atoms with Crippen LogP contribution in [0.1, 0.15) is 47.0 Å². The first kappa shape index (κ1) is 12.8. The lowest BCUT2D eigenvalue weighted by molar-refractivity contribution is -0.211. The average Bonchev–Trinajstić information content (AvgIpc) is 2.15. The maximum Gasteiger partial charge on any atom is 0.377 e. The van der Waals surface area contributed by atoms with Gasteiger partial charge in [0.15, 0.2) is 0 Å². The van der Waals surface area contributed by atoms with Gasteiger partial charge in [-0.3, -0.25) is 0 Å². The molecular formula is C13H20F2O2. The number of rotatable bonds is 2. The van der Waals surface area contributed by atoms with Gasteiger partial charge in [-0.2, -0.15) is 8.78 Å². The van der Waals surface area contributed by atoms with Crippen molar-refractivity contribution in [2.75, 3.05) is 0 Å². The van der Waals surface area contributed by atoms with E-state index in [9.17, 15) is 13.6 Å². The Labute approximate surface area is 101 Å². The van der Waals surface area contributed by atoms with Crippen molar-refractivity contribution in [2.24, 2.45) is 17.3 Å². The number of alkyl halides is 2. The Bertz CT molecular complexity index is 330. The summed E-state index contributed by atoms with van der Waals surface area (Å²) in [5, 5.41) is 0. The molecule has 0 amide bonds. The summed E-state index contributed by atoms with van der Waals surface area (Å²) in [7, 11) is 0. The molecule has 98 valence electrons. The molecule has 0 N–H and O–H groups in total. The largest absolute Gasteiger partial charge is 0.455 e. The Morgan fingerprint density at radius 2 is 1.71 bits per heavy atom. The molecule has 0 aromatic heterocycles. The van der Waals surface area contributed by atoms with Crippen LogP contribution in [0.4, 0.5) is 8.78 Å². The van der Waals surface area contributed by atoms with Crippen molar-refractivity contribution in [3.8, 4) is 0 Å². The van der Waals surface area contributed by atoms with Crippen molar-refractivity contribution >= 4 is 5.97 Å². The Kier molecular flexibility index (Phi) is 2.57. The van der Waals surface area contributed by atoms with Crippen LogP contribution in [0.3, 0.4) is 0 Å². The molecule has 0 aliphatic heterocycles. The van der Waals surface area contributed by atoms with Gasteiger partial charge in [-0.25, -0.2) is 4.79 Å². The molecule has 3 saturated carbocycles. The van der Waals surface area contributed by atoms with Crippen LogP contribution in [0.25, 0.3) is 0 Å². The maximum atomic E-state index is 12.8. The fourth-order valence-electron chi connectivity index (χ4n) is 3.34. The molecule has 4 heteroatoms. The first-order chi connectivity index (χ1) is 7.55. The Hall–Kier alpha value is -0.670. The monoisotopic (exact) mass is 246 g/mol. The quantitative estimate of drug-likeness (QED) is 0.698. The Balaban J connectivity index is 2.02. The molecule has 0 radical (unpaired) electrons. The molecule has 2 unspecified atom stereocenters. The molecule has 3 aliphatic rings. The van der Waals surface area contributed by atoms with E-state index in [0.717, 1.165) is 6.42 Å².